The normalized spacial score (nSPS) is 15.5. The van der Waals surface area contributed by atoms with Gasteiger partial charge in [0.05, 0.1) is 17.1 Å². The molecule has 0 spiro atoms. The summed E-state index contributed by atoms with van der Waals surface area (Å²) < 4.78 is 2.15. The summed E-state index contributed by atoms with van der Waals surface area (Å²) in [6, 6.07) is 30.3. The van der Waals surface area contributed by atoms with Crippen molar-refractivity contribution in [3.8, 4) is 0 Å². The van der Waals surface area contributed by atoms with E-state index in [1.165, 1.54) is 11.1 Å². The molecule has 164 valence electrons. The predicted molar refractivity (Wildman–Crippen MR) is 132 cm³/mol. The molecule has 0 amide bonds. The summed E-state index contributed by atoms with van der Waals surface area (Å²) in [6.07, 6.45) is 1.07. The van der Waals surface area contributed by atoms with Crippen LogP contribution in [-0.4, -0.2) is 52.1 Å². The first-order chi connectivity index (χ1) is 15.8. The zero-order chi connectivity index (χ0) is 21.8. The summed E-state index contributed by atoms with van der Waals surface area (Å²) in [4.78, 5) is 9.70. The van der Waals surface area contributed by atoms with Gasteiger partial charge in [0, 0.05) is 32.7 Å². The van der Waals surface area contributed by atoms with E-state index in [1.807, 2.05) is 12.1 Å². The molecule has 32 heavy (non-hydrogen) atoms. The summed E-state index contributed by atoms with van der Waals surface area (Å²) in [5, 5.41) is 0. The van der Waals surface area contributed by atoms with Crippen LogP contribution in [0.2, 0.25) is 0 Å². The second-order valence-corrected chi connectivity index (χ2v) is 8.57. The Morgan fingerprint density at radius 1 is 0.719 bits per heavy atom. The molecule has 0 bridgehead atoms. The van der Waals surface area contributed by atoms with E-state index in [-0.39, 0.29) is 0 Å². The summed E-state index contributed by atoms with van der Waals surface area (Å²) in [5.74, 6) is 0.615. The number of imidazole rings is 1. The van der Waals surface area contributed by atoms with Crippen molar-refractivity contribution in [3.05, 3.63) is 96.1 Å². The molecule has 2 N–H and O–H groups in total. The quantitative estimate of drug-likeness (QED) is 0.476. The number of nitrogens with zero attached hydrogens (tertiary/aromatic N) is 4. The number of rotatable bonds is 7. The van der Waals surface area contributed by atoms with Gasteiger partial charge in [-0.1, -0.05) is 72.8 Å². The lowest BCUT2D eigenvalue weighted by atomic mass is 9.96. The molecule has 3 aromatic carbocycles. The molecule has 5 rings (SSSR count). The van der Waals surface area contributed by atoms with Gasteiger partial charge in [-0.05, 0) is 36.2 Å². The first-order valence-electron chi connectivity index (χ1n) is 11.6. The number of nitrogen functional groups attached to an aromatic ring is 1. The molecule has 0 unspecified atom stereocenters. The lowest BCUT2D eigenvalue weighted by Crippen LogP contribution is -2.48. The van der Waals surface area contributed by atoms with Crippen LogP contribution in [0, 0.1) is 0 Å². The second kappa shape index (κ2) is 9.55. The molecule has 1 aliphatic heterocycles. The Balaban J connectivity index is 1.20. The van der Waals surface area contributed by atoms with Crippen LogP contribution in [0.1, 0.15) is 23.6 Å². The van der Waals surface area contributed by atoms with E-state index in [9.17, 15) is 0 Å². The van der Waals surface area contributed by atoms with Crippen molar-refractivity contribution in [3.63, 3.8) is 0 Å². The van der Waals surface area contributed by atoms with Crippen molar-refractivity contribution >= 4 is 17.0 Å². The number of benzene rings is 3. The fraction of sp³-hybridized carbons (Fsp3) is 0.296. The topological polar surface area (TPSA) is 50.3 Å². The van der Waals surface area contributed by atoms with E-state index in [2.05, 4.69) is 92.1 Å². The maximum Gasteiger partial charge on any atom is 0.201 e. The highest BCUT2D eigenvalue weighted by atomic mass is 15.3. The first kappa shape index (κ1) is 20.7. The fourth-order valence-corrected chi connectivity index (χ4v) is 4.91. The largest absolute Gasteiger partial charge is 0.369 e. The van der Waals surface area contributed by atoms with E-state index < -0.39 is 0 Å². The van der Waals surface area contributed by atoms with E-state index in [4.69, 9.17) is 5.73 Å². The number of nitrogens with two attached hydrogens (primary N) is 1. The van der Waals surface area contributed by atoms with Gasteiger partial charge in [-0.3, -0.25) is 4.90 Å². The number of anilines is 1. The lowest BCUT2D eigenvalue weighted by molar-refractivity contribution is 0.108. The predicted octanol–water partition coefficient (Wildman–Crippen LogP) is 4.42. The van der Waals surface area contributed by atoms with Gasteiger partial charge < -0.3 is 15.2 Å². The molecule has 1 saturated heterocycles. The Hall–Kier alpha value is -3.15. The van der Waals surface area contributed by atoms with Crippen LogP contribution in [0.5, 0.6) is 0 Å². The van der Waals surface area contributed by atoms with Crippen LogP contribution in [-0.2, 0) is 6.54 Å². The Morgan fingerprint density at radius 3 is 1.97 bits per heavy atom. The summed E-state index contributed by atoms with van der Waals surface area (Å²) in [6.45, 7) is 6.33. The Morgan fingerprint density at radius 2 is 1.31 bits per heavy atom. The molecular weight excluding hydrogens is 394 g/mol. The van der Waals surface area contributed by atoms with Gasteiger partial charge >= 0.3 is 0 Å². The number of aromatic nitrogens is 2. The fourth-order valence-electron chi connectivity index (χ4n) is 4.91. The van der Waals surface area contributed by atoms with Crippen molar-refractivity contribution in [1.29, 1.82) is 0 Å². The van der Waals surface area contributed by atoms with Crippen LogP contribution >= 0.6 is 0 Å². The van der Waals surface area contributed by atoms with Crippen molar-refractivity contribution < 1.29 is 0 Å². The minimum Gasteiger partial charge on any atom is -0.369 e. The molecule has 0 saturated carbocycles. The molecule has 5 nitrogen and oxygen atoms in total. The van der Waals surface area contributed by atoms with Crippen molar-refractivity contribution in [1.82, 2.24) is 19.4 Å². The molecule has 1 aromatic heterocycles. The van der Waals surface area contributed by atoms with E-state index in [1.54, 1.807) is 0 Å². The van der Waals surface area contributed by atoms with Gasteiger partial charge in [0.2, 0.25) is 5.95 Å². The Bertz CT molecular complexity index is 1090. The van der Waals surface area contributed by atoms with Gasteiger partial charge in [0.1, 0.15) is 0 Å². The number of aryl methyl sites for hydroxylation is 1. The van der Waals surface area contributed by atoms with Gasteiger partial charge in [-0.2, -0.15) is 0 Å². The minimum absolute atomic E-state index is 0.316. The molecule has 2 heterocycles. The monoisotopic (exact) mass is 425 g/mol. The molecule has 5 heteroatoms. The second-order valence-electron chi connectivity index (χ2n) is 8.57. The van der Waals surface area contributed by atoms with Crippen LogP contribution < -0.4 is 5.73 Å². The molecular formula is C27H31N5. The maximum atomic E-state index is 6.17. The summed E-state index contributed by atoms with van der Waals surface area (Å²) in [5.41, 5.74) is 11.0. The average molecular weight is 426 g/mol. The summed E-state index contributed by atoms with van der Waals surface area (Å²) in [7, 11) is 0. The maximum absolute atomic E-state index is 6.17. The SMILES string of the molecule is Nc1nc2ccccc2n1CCCN1CCN(C(c2ccccc2)c2ccccc2)CC1. The zero-order valence-electron chi connectivity index (χ0n) is 18.5. The molecule has 1 fully saturated rings. The van der Waals surface area contributed by atoms with Gasteiger partial charge in [0.25, 0.3) is 0 Å². The van der Waals surface area contributed by atoms with Crippen LogP contribution in [0.15, 0.2) is 84.9 Å². The first-order valence-corrected chi connectivity index (χ1v) is 11.6. The van der Waals surface area contributed by atoms with E-state index >= 15 is 0 Å². The highest BCUT2D eigenvalue weighted by Crippen LogP contribution is 2.29. The highest BCUT2D eigenvalue weighted by molar-refractivity contribution is 5.78. The van der Waals surface area contributed by atoms with Gasteiger partial charge in [-0.25, -0.2) is 4.98 Å². The van der Waals surface area contributed by atoms with Crippen molar-refractivity contribution in [2.45, 2.75) is 19.0 Å². The van der Waals surface area contributed by atoms with Gasteiger partial charge in [0.15, 0.2) is 0 Å². The average Bonchev–Trinajstić information content (AvgIpc) is 3.17. The molecule has 0 radical (unpaired) electrons. The van der Waals surface area contributed by atoms with Gasteiger partial charge in [-0.15, -0.1) is 0 Å². The molecule has 0 atom stereocenters. The van der Waals surface area contributed by atoms with Crippen LogP contribution in [0.4, 0.5) is 5.95 Å². The van der Waals surface area contributed by atoms with Crippen LogP contribution in [0.3, 0.4) is 0 Å². The molecule has 0 aliphatic carbocycles. The van der Waals surface area contributed by atoms with Crippen LogP contribution in [0.25, 0.3) is 11.0 Å². The smallest absolute Gasteiger partial charge is 0.201 e. The number of hydrogen-bond acceptors (Lipinski definition) is 4. The summed E-state index contributed by atoms with van der Waals surface area (Å²) >= 11 is 0. The third-order valence-electron chi connectivity index (χ3n) is 6.54. The molecule has 1 aliphatic rings. The Kier molecular flexibility index (Phi) is 6.19. The number of fused-ring (bicyclic) bond motifs is 1. The minimum atomic E-state index is 0.316. The third kappa shape index (κ3) is 4.40. The highest BCUT2D eigenvalue weighted by Gasteiger charge is 2.26. The van der Waals surface area contributed by atoms with E-state index in [0.717, 1.165) is 56.7 Å². The Labute approximate surface area is 190 Å². The lowest BCUT2D eigenvalue weighted by Gasteiger charge is -2.40. The number of piperazine rings is 1. The third-order valence-corrected chi connectivity index (χ3v) is 6.54. The zero-order valence-corrected chi connectivity index (χ0v) is 18.5. The number of para-hydroxylation sites is 2. The van der Waals surface area contributed by atoms with E-state index in [0.29, 0.717) is 12.0 Å². The van der Waals surface area contributed by atoms with Crippen molar-refractivity contribution in [2.75, 3.05) is 38.5 Å². The number of hydrogen-bond donors (Lipinski definition) is 1. The van der Waals surface area contributed by atoms with Crippen molar-refractivity contribution in [2.24, 2.45) is 0 Å². The molecule has 4 aromatic rings. The standard InChI is InChI=1S/C27H31N5/c28-27-29-24-14-7-8-15-25(24)32(27)17-9-16-30-18-20-31(21-19-30)26(22-10-3-1-4-11-22)23-12-5-2-6-13-23/h1-8,10-15,26H,9,16-21H2,(H2,28,29).